The summed E-state index contributed by atoms with van der Waals surface area (Å²) in [5.74, 6) is -1.30. The first-order valence-corrected chi connectivity index (χ1v) is 6.49. The lowest BCUT2D eigenvalue weighted by Crippen LogP contribution is -2.48. The van der Waals surface area contributed by atoms with Gasteiger partial charge in [0.25, 0.3) is 0 Å². The summed E-state index contributed by atoms with van der Waals surface area (Å²) in [6.07, 6.45) is 0.561. The van der Waals surface area contributed by atoms with E-state index >= 15 is 0 Å². The largest absolute Gasteiger partial charge is 0.480 e. The van der Waals surface area contributed by atoms with E-state index in [1.54, 1.807) is 13.8 Å². The summed E-state index contributed by atoms with van der Waals surface area (Å²) in [6, 6.07) is -0.828. The third kappa shape index (κ3) is 3.45. The van der Waals surface area contributed by atoms with Crippen molar-refractivity contribution in [1.29, 1.82) is 0 Å². The third-order valence-corrected chi connectivity index (χ3v) is 3.36. The molecule has 0 bridgehead atoms. The van der Waals surface area contributed by atoms with Crippen molar-refractivity contribution in [2.45, 2.75) is 46.3 Å². The minimum absolute atomic E-state index is 0.105. The van der Waals surface area contributed by atoms with Gasteiger partial charge in [-0.1, -0.05) is 27.7 Å². The molecule has 1 aliphatic rings. The molecule has 0 aromatic rings. The number of carbonyl (C=O) groups is 2. The second-order valence-electron chi connectivity index (χ2n) is 5.54. The standard InChI is InChI=1S/C13H23NO4/c1-7(2)10(13(16)17)14-12(15)9-5-6-18-11(9)8(3)4/h7-11H,5-6H2,1-4H3,(H,14,15)(H,16,17)/t9?,10-,11?/m0/s1. The molecular weight excluding hydrogens is 234 g/mol. The molecule has 1 heterocycles. The summed E-state index contributed by atoms with van der Waals surface area (Å²) in [6.45, 7) is 8.15. The van der Waals surface area contributed by atoms with E-state index in [4.69, 9.17) is 9.84 Å². The molecule has 18 heavy (non-hydrogen) atoms. The highest BCUT2D eigenvalue weighted by Crippen LogP contribution is 2.27. The number of carboxylic acids is 1. The molecule has 1 fully saturated rings. The molecule has 3 atom stereocenters. The van der Waals surface area contributed by atoms with Crippen molar-refractivity contribution in [1.82, 2.24) is 5.32 Å². The predicted molar refractivity (Wildman–Crippen MR) is 67.1 cm³/mol. The van der Waals surface area contributed by atoms with Gasteiger partial charge in [-0.15, -0.1) is 0 Å². The summed E-state index contributed by atoms with van der Waals surface area (Å²) in [5, 5.41) is 11.7. The summed E-state index contributed by atoms with van der Waals surface area (Å²) in [4.78, 5) is 23.2. The number of rotatable bonds is 5. The van der Waals surface area contributed by atoms with Gasteiger partial charge in [0, 0.05) is 6.61 Å². The highest BCUT2D eigenvalue weighted by molar-refractivity contribution is 5.85. The fourth-order valence-electron chi connectivity index (χ4n) is 2.32. The lowest BCUT2D eigenvalue weighted by molar-refractivity contribution is -0.144. The first-order chi connectivity index (χ1) is 8.34. The summed E-state index contributed by atoms with van der Waals surface area (Å²) in [5.41, 5.74) is 0. The lowest BCUT2D eigenvalue weighted by Gasteiger charge is -2.24. The molecule has 0 radical (unpaired) electrons. The molecule has 0 aromatic carbocycles. The number of hydrogen-bond donors (Lipinski definition) is 2. The van der Waals surface area contributed by atoms with E-state index in [-0.39, 0.29) is 29.8 Å². The van der Waals surface area contributed by atoms with Crippen molar-refractivity contribution in [3.63, 3.8) is 0 Å². The molecule has 104 valence electrons. The Labute approximate surface area is 108 Å². The Morgan fingerprint density at radius 2 is 1.89 bits per heavy atom. The normalized spacial score (nSPS) is 25.4. The van der Waals surface area contributed by atoms with Gasteiger partial charge in [0.2, 0.25) is 5.91 Å². The van der Waals surface area contributed by atoms with Crippen molar-refractivity contribution in [2.24, 2.45) is 17.8 Å². The number of ether oxygens (including phenoxy) is 1. The van der Waals surface area contributed by atoms with Crippen LogP contribution in [-0.4, -0.2) is 35.7 Å². The number of hydrogen-bond acceptors (Lipinski definition) is 3. The van der Waals surface area contributed by atoms with Crippen LogP contribution in [0, 0.1) is 17.8 Å². The topological polar surface area (TPSA) is 75.6 Å². The Kier molecular flexibility index (Phi) is 5.14. The SMILES string of the molecule is CC(C)C1OCCC1C(=O)N[C@H](C(=O)O)C(C)C. The summed E-state index contributed by atoms with van der Waals surface area (Å²) >= 11 is 0. The second-order valence-corrected chi connectivity index (χ2v) is 5.54. The van der Waals surface area contributed by atoms with Gasteiger partial charge in [0.15, 0.2) is 0 Å². The van der Waals surface area contributed by atoms with E-state index < -0.39 is 12.0 Å². The highest BCUT2D eigenvalue weighted by atomic mass is 16.5. The van der Waals surface area contributed by atoms with Crippen LogP contribution >= 0.6 is 0 Å². The first-order valence-electron chi connectivity index (χ1n) is 6.49. The molecule has 5 heteroatoms. The van der Waals surface area contributed by atoms with Crippen LogP contribution in [-0.2, 0) is 14.3 Å². The molecule has 0 aromatic heterocycles. The third-order valence-electron chi connectivity index (χ3n) is 3.36. The van der Waals surface area contributed by atoms with E-state index in [2.05, 4.69) is 5.32 Å². The molecule has 1 aliphatic heterocycles. The zero-order valence-corrected chi connectivity index (χ0v) is 11.5. The maximum atomic E-state index is 12.1. The molecule has 0 aliphatic carbocycles. The molecule has 2 unspecified atom stereocenters. The van der Waals surface area contributed by atoms with Crippen LogP contribution < -0.4 is 5.32 Å². The predicted octanol–water partition coefficient (Wildman–Crippen LogP) is 1.27. The fraction of sp³-hybridized carbons (Fsp3) is 0.846. The van der Waals surface area contributed by atoms with Crippen LogP contribution in [0.15, 0.2) is 0 Å². The van der Waals surface area contributed by atoms with Gasteiger partial charge in [0.05, 0.1) is 12.0 Å². The van der Waals surface area contributed by atoms with Gasteiger partial charge in [-0.05, 0) is 18.3 Å². The van der Waals surface area contributed by atoms with E-state index in [0.717, 1.165) is 0 Å². The fourth-order valence-corrected chi connectivity index (χ4v) is 2.32. The number of amides is 1. The van der Waals surface area contributed by atoms with Crippen LogP contribution in [0.4, 0.5) is 0 Å². The highest BCUT2D eigenvalue weighted by Gasteiger charge is 2.37. The minimum atomic E-state index is -0.988. The van der Waals surface area contributed by atoms with Crippen molar-refractivity contribution < 1.29 is 19.4 Å². The lowest BCUT2D eigenvalue weighted by atomic mass is 9.91. The molecule has 1 saturated heterocycles. The van der Waals surface area contributed by atoms with Crippen LogP contribution in [0.5, 0.6) is 0 Å². The van der Waals surface area contributed by atoms with Crippen molar-refractivity contribution in [3.8, 4) is 0 Å². The second kappa shape index (κ2) is 6.18. The quantitative estimate of drug-likeness (QED) is 0.777. The van der Waals surface area contributed by atoms with Crippen LogP contribution in [0.25, 0.3) is 0 Å². The smallest absolute Gasteiger partial charge is 0.326 e. The van der Waals surface area contributed by atoms with Gasteiger partial charge >= 0.3 is 5.97 Å². The average Bonchev–Trinajstić information content (AvgIpc) is 2.73. The Hall–Kier alpha value is -1.10. The first kappa shape index (κ1) is 15.0. The molecule has 1 amide bonds. The van der Waals surface area contributed by atoms with Crippen LogP contribution in [0.3, 0.4) is 0 Å². The maximum absolute atomic E-state index is 12.1. The van der Waals surface area contributed by atoms with Crippen LogP contribution in [0.2, 0.25) is 0 Å². The van der Waals surface area contributed by atoms with Crippen molar-refractivity contribution >= 4 is 11.9 Å². The van der Waals surface area contributed by atoms with Gasteiger partial charge in [-0.2, -0.15) is 0 Å². The summed E-state index contributed by atoms with van der Waals surface area (Å²) < 4.78 is 5.54. The monoisotopic (exact) mass is 257 g/mol. The molecule has 2 N–H and O–H groups in total. The molecular formula is C13H23NO4. The molecule has 0 spiro atoms. The van der Waals surface area contributed by atoms with E-state index in [0.29, 0.717) is 13.0 Å². The maximum Gasteiger partial charge on any atom is 0.326 e. The van der Waals surface area contributed by atoms with Gasteiger partial charge in [0.1, 0.15) is 6.04 Å². The average molecular weight is 257 g/mol. The number of carboxylic acid groups (broad SMARTS) is 1. The van der Waals surface area contributed by atoms with E-state index in [1.165, 1.54) is 0 Å². The van der Waals surface area contributed by atoms with Crippen molar-refractivity contribution in [3.05, 3.63) is 0 Å². The van der Waals surface area contributed by atoms with Gasteiger partial charge in [-0.25, -0.2) is 4.79 Å². The zero-order valence-electron chi connectivity index (χ0n) is 11.5. The number of carbonyl (C=O) groups excluding carboxylic acids is 1. The zero-order chi connectivity index (χ0) is 13.9. The van der Waals surface area contributed by atoms with Crippen LogP contribution in [0.1, 0.15) is 34.1 Å². The van der Waals surface area contributed by atoms with E-state index in [9.17, 15) is 9.59 Å². The molecule has 5 nitrogen and oxygen atoms in total. The van der Waals surface area contributed by atoms with E-state index in [1.807, 2.05) is 13.8 Å². The Balaban J connectivity index is 2.66. The van der Waals surface area contributed by atoms with Crippen molar-refractivity contribution in [2.75, 3.05) is 6.61 Å². The Morgan fingerprint density at radius 3 is 2.33 bits per heavy atom. The minimum Gasteiger partial charge on any atom is -0.480 e. The van der Waals surface area contributed by atoms with Gasteiger partial charge < -0.3 is 15.2 Å². The number of aliphatic carboxylic acids is 1. The Bertz CT molecular complexity index is 314. The Morgan fingerprint density at radius 1 is 1.28 bits per heavy atom. The molecule has 1 rings (SSSR count). The van der Waals surface area contributed by atoms with Gasteiger partial charge in [-0.3, -0.25) is 4.79 Å². The molecule has 0 saturated carbocycles. The summed E-state index contributed by atoms with van der Waals surface area (Å²) in [7, 11) is 0. The number of nitrogens with one attached hydrogen (secondary N) is 1.